The Morgan fingerprint density at radius 1 is 1.00 bits per heavy atom. The van der Waals surface area contributed by atoms with Crippen LogP contribution in [0.5, 0.6) is 0 Å². The molecule has 0 unspecified atom stereocenters. The molecular weight excluding hydrogens is 329 g/mol. The highest BCUT2D eigenvalue weighted by molar-refractivity contribution is 6.03. The van der Waals surface area contributed by atoms with Crippen molar-refractivity contribution in [2.24, 2.45) is 0 Å². The molecule has 4 nitrogen and oxygen atoms in total. The van der Waals surface area contributed by atoms with Gasteiger partial charge in [-0.2, -0.15) is 5.10 Å². The number of rotatable bonds is 4. The lowest BCUT2D eigenvalue weighted by Gasteiger charge is -2.07. The van der Waals surface area contributed by atoms with Gasteiger partial charge >= 0.3 is 0 Å². The van der Waals surface area contributed by atoms with Gasteiger partial charge in [-0.15, -0.1) is 0 Å². The Balaban J connectivity index is 1.52. The van der Waals surface area contributed by atoms with Crippen molar-refractivity contribution >= 4 is 22.5 Å². The molecule has 3 aromatic carbocycles. The third kappa shape index (κ3) is 3.32. The first-order valence-corrected chi connectivity index (χ1v) is 8.26. The van der Waals surface area contributed by atoms with Crippen LogP contribution in [0, 0.1) is 5.82 Å². The molecule has 0 saturated heterocycles. The topological polar surface area (TPSA) is 46.9 Å². The fourth-order valence-electron chi connectivity index (χ4n) is 2.94. The summed E-state index contributed by atoms with van der Waals surface area (Å²) < 4.78 is 15.0. The van der Waals surface area contributed by atoms with Crippen molar-refractivity contribution in [2.45, 2.75) is 6.54 Å². The summed E-state index contributed by atoms with van der Waals surface area (Å²) in [7, 11) is 0. The summed E-state index contributed by atoms with van der Waals surface area (Å²) >= 11 is 0. The number of aromatic nitrogens is 2. The van der Waals surface area contributed by atoms with Crippen molar-refractivity contribution in [3.63, 3.8) is 0 Å². The van der Waals surface area contributed by atoms with Gasteiger partial charge in [0.25, 0.3) is 5.91 Å². The van der Waals surface area contributed by atoms with Gasteiger partial charge in [-0.1, -0.05) is 48.5 Å². The number of fused-ring (bicyclic) bond motifs is 1. The molecule has 4 aromatic rings. The zero-order chi connectivity index (χ0) is 17.9. The van der Waals surface area contributed by atoms with Gasteiger partial charge in [-0.25, -0.2) is 4.39 Å². The SMILES string of the molecule is O=C(Nc1ccn(Cc2cccc3ccccc23)n1)c1cccc(F)c1. The molecule has 0 fully saturated rings. The smallest absolute Gasteiger partial charge is 0.256 e. The van der Waals surface area contributed by atoms with Gasteiger partial charge in [0, 0.05) is 17.8 Å². The lowest BCUT2D eigenvalue weighted by atomic mass is 10.0. The first-order valence-electron chi connectivity index (χ1n) is 8.26. The number of benzene rings is 3. The zero-order valence-corrected chi connectivity index (χ0v) is 13.9. The van der Waals surface area contributed by atoms with Crippen LogP contribution in [0.15, 0.2) is 79.0 Å². The zero-order valence-electron chi connectivity index (χ0n) is 13.9. The molecule has 0 atom stereocenters. The number of nitrogens with one attached hydrogen (secondary N) is 1. The Morgan fingerprint density at radius 2 is 1.81 bits per heavy atom. The van der Waals surface area contributed by atoms with Gasteiger partial charge in [0.15, 0.2) is 5.82 Å². The highest BCUT2D eigenvalue weighted by Gasteiger charge is 2.09. The van der Waals surface area contributed by atoms with Crippen LogP contribution in [-0.2, 0) is 6.54 Å². The van der Waals surface area contributed by atoms with Gasteiger partial charge < -0.3 is 5.32 Å². The lowest BCUT2D eigenvalue weighted by molar-refractivity contribution is 0.102. The van der Waals surface area contributed by atoms with Crippen molar-refractivity contribution in [3.05, 3.63) is 95.9 Å². The minimum absolute atomic E-state index is 0.258. The van der Waals surface area contributed by atoms with Gasteiger partial charge in [-0.05, 0) is 34.5 Å². The molecule has 0 spiro atoms. The van der Waals surface area contributed by atoms with Crippen LogP contribution in [0.25, 0.3) is 10.8 Å². The van der Waals surface area contributed by atoms with Crippen LogP contribution in [-0.4, -0.2) is 15.7 Å². The van der Waals surface area contributed by atoms with E-state index in [9.17, 15) is 9.18 Å². The number of hydrogen-bond acceptors (Lipinski definition) is 2. The Bertz CT molecular complexity index is 1080. The summed E-state index contributed by atoms with van der Waals surface area (Å²) in [6, 6.07) is 21.6. The van der Waals surface area contributed by atoms with Crippen LogP contribution in [0.1, 0.15) is 15.9 Å². The number of nitrogens with zero attached hydrogens (tertiary/aromatic N) is 2. The van der Waals surface area contributed by atoms with E-state index in [-0.39, 0.29) is 11.5 Å². The maximum atomic E-state index is 13.2. The number of anilines is 1. The molecule has 1 heterocycles. The van der Waals surface area contributed by atoms with Crippen LogP contribution < -0.4 is 5.32 Å². The molecule has 5 heteroatoms. The maximum Gasteiger partial charge on any atom is 0.256 e. The molecule has 1 aromatic heterocycles. The van der Waals surface area contributed by atoms with Crippen LogP contribution >= 0.6 is 0 Å². The van der Waals surface area contributed by atoms with E-state index in [0.717, 1.165) is 5.56 Å². The van der Waals surface area contributed by atoms with Crippen LogP contribution in [0.3, 0.4) is 0 Å². The highest BCUT2D eigenvalue weighted by Crippen LogP contribution is 2.19. The summed E-state index contributed by atoms with van der Waals surface area (Å²) in [5.41, 5.74) is 1.41. The number of halogens is 1. The molecule has 0 saturated carbocycles. The van der Waals surface area contributed by atoms with E-state index >= 15 is 0 Å². The van der Waals surface area contributed by atoms with E-state index < -0.39 is 5.82 Å². The second-order valence-corrected chi connectivity index (χ2v) is 6.00. The van der Waals surface area contributed by atoms with Gasteiger partial charge in [0.1, 0.15) is 5.82 Å². The fourth-order valence-corrected chi connectivity index (χ4v) is 2.94. The summed E-state index contributed by atoms with van der Waals surface area (Å²) in [5.74, 6) is -0.404. The normalized spacial score (nSPS) is 10.8. The van der Waals surface area contributed by atoms with E-state index in [1.165, 1.54) is 29.0 Å². The Hall–Kier alpha value is -3.47. The first-order chi connectivity index (χ1) is 12.7. The van der Waals surface area contributed by atoms with Crippen molar-refractivity contribution < 1.29 is 9.18 Å². The van der Waals surface area contributed by atoms with Crippen molar-refractivity contribution in [1.82, 2.24) is 9.78 Å². The number of carbonyl (C=O) groups is 1. The van der Waals surface area contributed by atoms with Crippen LogP contribution in [0.4, 0.5) is 10.2 Å². The summed E-state index contributed by atoms with van der Waals surface area (Å²) in [6.45, 7) is 0.594. The number of hydrogen-bond donors (Lipinski definition) is 1. The second-order valence-electron chi connectivity index (χ2n) is 6.00. The van der Waals surface area contributed by atoms with E-state index in [4.69, 9.17) is 0 Å². The molecule has 0 aliphatic carbocycles. The molecule has 0 bridgehead atoms. The minimum atomic E-state index is -0.445. The maximum absolute atomic E-state index is 13.2. The standard InChI is InChI=1S/C21H16FN3O/c22-18-9-4-7-16(13-18)21(26)23-20-11-12-25(24-20)14-17-8-3-6-15-5-1-2-10-19(15)17/h1-13H,14H2,(H,23,24,26). The van der Waals surface area contributed by atoms with Crippen molar-refractivity contribution in [1.29, 1.82) is 0 Å². The summed E-state index contributed by atoms with van der Waals surface area (Å²) in [6.07, 6.45) is 1.81. The monoisotopic (exact) mass is 345 g/mol. The molecule has 0 aliphatic rings. The third-order valence-electron chi connectivity index (χ3n) is 4.18. The average molecular weight is 345 g/mol. The van der Waals surface area contributed by atoms with Gasteiger partial charge in [-0.3, -0.25) is 9.48 Å². The molecule has 1 amide bonds. The van der Waals surface area contributed by atoms with Crippen LogP contribution in [0.2, 0.25) is 0 Å². The third-order valence-corrected chi connectivity index (χ3v) is 4.18. The molecular formula is C21H16FN3O. The first kappa shape index (κ1) is 16.0. The largest absolute Gasteiger partial charge is 0.305 e. The molecule has 0 radical (unpaired) electrons. The Morgan fingerprint density at radius 3 is 2.69 bits per heavy atom. The highest BCUT2D eigenvalue weighted by atomic mass is 19.1. The van der Waals surface area contributed by atoms with E-state index in [2.05, 4.69) is 34.7 Å². The molecule has 0 aliphatic heterocycles. The van der Waals surface area contributed by atoms with E-state index in [1.807, 2.05) is 24.4 Å². The molecule has 1 N–H and O–H groups in total. The summed E-state index contributed by atoms with van der Waals surface area (Å²) in [4.78, 5) is 12.2. The quantitative estimate of drug-likeness (QED) is 0.593. The van der Waals surface area contributed by atoms with Gasteiger partial charge in [0.05, 0.1) is 6.54 Å². The summed E-state index contributed by atoms with van der Waals surface area (Å²) in [5, 5.41) is 9.44. The Labute approximate surface area is 149 Å². The number of amides is 1. The predicted molar refractivity (Wildman–Crippen MR) is 99.6 cm³/mol. The number of carbonyl (C=O) groups excluding carboxylic acids is 1. The van der Waals surface area contributed by atoms with E-state index in [0.29, 0.717) is 12.4 Å². The van der Waals surface area contributed by atoms with Crippen molar-refractivity contribution in [3.8, 4) is 0 Å². The molecule has 4 rings (SSSR count). The average Bonchev–Trinajstić information content (AvgIpc) is 3.09. The predicted octanol–water partition coefficient (Wildman–Crippen LogP) is 4.48. The van der Waals surface area contributed by atoms with Gasteiger partial charge in [0.2, 0.25) is 0 Å². The van der Waals surface area contributed by atoms with Crippen molar-refractivity contribution in [2.75, 3.05) is 5.32 Å². The lowest BCUT2D eigenvalue weighted by Crippen LogP contribution is -2.13. The molecule has 26 heavy (non-hydrogen) atoms. The Kier molecular flexibility index (Phi) is 4.19. The fraction of sp³-hybridized carbons (Fsp3) is 0.0476. The van der Waals surface area contributed by atoms with E-state index in [1.54, 1.807) is 16.8 Å². The second kappa shape index (κ2) is 6.80. The minimum Gasteiger partial charge on any atom is -0.305 e. The molecule has 128 valence electrons.